The van der Waals surface area contributed by atoms with E-state index in [1.165, 1.54) is 32.1 Å². The van der Waals surface area contributed by atoms with Crippen molar-refractivity contribution in [3.05, 3.63) is 18.0 Å². The van der Waals surface area contributed by atoms with E-state index in [0.717, 1.165) is 18.8 Å². The van der Waals surface area contributed by atoms with E-state index < -0.39 is 0 Å². The summed E-state index contributed by atoms with van der Waals surface area (Å²) in [6.07, 6.45) is 8.76. The summed E-state index contributed by atoms with van der Waals surface area (Å²) >= 11 is 0. The van der Waals surface area contributed by atoms with E-state index in [9.17, 15) is 0 Å². The Balaban J connectivity index is 1.60. The first kappa shape index (κ1) is 15.5. The standard InChI is InChI=1S/C15H27N3O2/c1-19-11-12-20-10-8-16-13-14-7-9-18(17-14)15-5-3-2-4-6-15/h7,9,15-16H,2-6,8,10-13H2,1H3. The summed E-state index contributed by atoms with van der Waals surface area (Å²) < 4.78 is 12.5. The maximum absolute atomic E-state index is 5.40. The van der Waals surface area contributed by atoms with Gasteiger partial charge in [-0.2, -0.15) is 5.10 Å². The Hall–Kier alpha value is -0.910. The van der Waals surface area contributed by atoms with Gasteiger partial charge in [0.15, 0.2) is 0 Å². The van der Waals surface area contributed by atoms with Crippen LogP contribution >= 0.6 is 0 Å². The molecule has 114 valence electrons. The maximum Gasteiger partial charge on any atom is 0.0762 e. The molecule has 0 spiro atoms. The van der Waals surface area contributed by atoms with E-state index in [-0.39, 0.29) is 0 Å². The maximum atomic E-state index is 5.40. The van der Waals surface area contributed by atoms with Crippen LogP contribution in [0.3, 0.4) is 0 Å². The smallest absolute Gasteiger partial charge is 0.0762 e. The van der Waals surface area contributed by atoms with Crippen LogP contribution < -0.4 is 5.32 Å². The van der Waals surface area contributed by atoms with Crippen LogP contribution in [0.25, 0.3) is 0 Å². The minimum absolute atomic E-state index is 0.620. The summed E-state index contributed by atoms with van der Waals surface area (Å²) in [5.74, 6) is 0. The lowest BCUT2D eigenvalue weighted by Crippen LogP contribution is -2.21. The first-order valence-corrected chi connectivity index (χ1v) is 7.71. The Morgan fingerprint density at radius 2 is 2.10 bits per heavy atom. The molecule has 0 atom stereocenters. The monoisotopic (exact) mass is 281 g/mol. The molecule has 0 amide bonds. The molecule has 0 unspecified atom stereocenters. The number of methoxy groups -OCH3 is 1. The summed E-state index contributed by atoms with van der Waals surface area (Å²) in [6, 6.07) is 2.74. The van der Waals surface area contributed by atoms with Gasteiger partial charge in [0, 0.05) is 26.4 Å². The van der Waals surface area contributed by atoms with E-state index in [1.807, 2.05) is 0 Å². The first-order chi connectivity index (χ1) is 9.90. The largest absolute Gasteiger partial charge is 0.382 e. The molecule has 1 aliphatic rings. The molecule has 20 heavy (non-hydrogen) atoms. The number of rotatable bonds is 9. The fourth-order valence-electron chi connectivity index (χ4n) is 2.63. The number of ether oxygens (including phenoxy) is 2. The zero-order valence-electron chi connectivity index (χ0n) is 12.5. The molecule has 2 rings (SSSR count). The molecule has 0 radical (unpaired) electrons. The first-order valence-electron chi connectivity index (χ1n) is 7.71. The SMILES string of the molecule is COCCOCCNCc1ccn(C2CCCCC2)n1. The average Bonchev–Trinajstić information content (AvgIpc) is 2.96. The van der Waals surface area contributed by atoms with Crippen molar-refractivity contribution in [1.82, 2.24) is 15.1 Å². The molecule has 1 aromatic heterocycles. The van der Waals surface area contributed by atoms with Crippen LogP contribution in [-0.4, -0.2) is 43.3 Å². The predicted molar refractivity (Wildman–Crippen MR) is 78.8 cm³/mol. The van der Waals surface area contributed by atoms with Crippen molar-refractivity contribution in [1.29, 1.82) is 0 Å². The Kier molecular flexibility index (Phi) is 7.05. The molecule has 0 aromatic carbocycles. The summed E-state index contributed by atoms with van der Waals surface area (Å²) in [6.45, 7) is 3.69. The second-order valence-corrected chi connectivity index (χ2v) is 5.36. The lowest BCUT2D eigenvalue weighted by Gasteiger charge is -2.21. The number of hydrogen-bond acceptors (Lipinski definition) is 4. The van der Waals surface area contributed by atoms with Crippen molar-refractivity contribution in [3.63, 3.8) is 0 Å². The molecule has 1 aromatic rings. The van der Waals surface area contributed by atoms with Crippen LogP contribution in [0.5, 0.6) is 0 Å². The van der Waals surface area contributed by atoms with Gasteiger partial charge < -0.3 is 14.8 Å². The minimum Gasteiger partial charge on any atom is -0.382 e. The molecule has 0 bridgehead atoms. The predicted octanol–water partition coefficient (Wildman–Crippen LogP) is 2.14. The number of hydrogen-bond donors (Lipinski definition) is 1. The highest BCUT2D eigenvalue weighted by Crippen LogP contribution is 2.27. The van der Waals surface area contributed by atoms with Crippen molar-refractivity contribution < 1.29 is 9.47 Å². The molecule has 1 heterocycles. The Morgan fingerprint density at radius 1 is 1.25 bits per heavy atom. The van der Waals surface area contributed by atoms with Gasteiger partial charge in [-0.25, -0.2) is 0 Å². The van der Waals surface area contributed by atoms with Gasteiger partial charge in [0.05, 0.1) is 31.6 Å². The van der Waals surface area contributed by atoms with Crippen LogP contribution in [0.1, 0.15) is 43.8 Å². The number of aromatic nitrogens is 2. The van der Waals surface area contributed by atoms with Crippen LogP contribution in [0.4, 0.5) is 0 Å². The van der Waals surface area contributed by atoms with E-state index in [2.05, 4.69) is 27.4 Å². The van der Waals surface area contributed by atoms with Gasteiger partial charge in [-0.05, 0) is 18.9 Å². The van der Waals surface area contributed by atoms with Crippen molar-refractivity contribution >= 4 is 0 Å². The summed E-state index contributed by atoms with van der Waals surface area (Å²) in [4.78, 5) is 0. The third-order valence-corrected chi connectivity index (χ3v) is 3.77. The lowest BCUT2D eigenvalue weighted by atomic mass is 9.96. The molecule has 5 nitrogen and oxygen atoms in total. The van der Waals surface area contributed by atoms with Crippen LogP contribution in [-0.2, 0) is 16.0 Å². The zero-order valence-corrected chi connectivity index (χ0v) is 12.5. The highest BCUT2D eigenvalue weighted by Gasteiger charge is 2.15. The van der Waals surface area contributed by atoms with E-state index in [4.69, 9.17) is 9.47 Å². The molecule has 1 fully saturated rings. The molecular formula is C15H27N3O2. The second kappa shape index (κ2) is 9.10. The van der Waals surface area contributed by atoms with E-state index >= 15 is 0 Å². The molecular weight excluding hydrogens is 254 g/mol. The van der Waals surface area contributed by atoms with Gasteiger partial charge in [0.25, 0.3) is 0 Å². The lowest BCUT2D eigenvalue weighted by molar-refractivity contribution is 0.0719. The highest BCUT2D eigenvalue weighted by atomic mass is 16.5. The summed E-state index contributed by atoms with van der Waals surface area (Å²) in [7, 11) is 1.68. The molecule has 1 aliphatic carbocycles. The molecule has 5 heteroatoms. The van der Waals surface area contributed by atoms with E-state index in [1.54, 1.807) is 7.11 Å². The molecule has 0 aliphatic heterocycles. The van der Waals surface area contributed by atoms with Gasteiger partial charge in [0.2, 0.25) is 0 Å². The number of nitrogens with one attached hydrogen (secondary N) is 1. The molecule has 1 saturated carbocycles. The van der Waals surface area contributed by atoms with Crippen LogP contribution in [0.2, 0.25) is 0 Å². The van der Waals surface area contributed by atoms with E-state index in [0.29, 0.717) is 25.9 Å². The van der Waals surface area contributed by atoms with Crippen LogP contribution in [0.15, 0.2) is 12.3 Å². The molecule has 0 saturated heterocycles. The van der Waals surface area contributed by atoms with Crippen molar-refractivity contribution in [2.24, 2.45) is 0 Å². The van der Waals surface area contributed by atoms with Gasteiger partial charge in [-0.15, -0.1) is 0 Å². The van der Waals surface area contributed by atoms with Crippen molar-refractivity contribution in [3.8, 4) is 0 Å². The van der Waals surface area contributed by atoms with Crippen LogP contribution in [0, 0.1) is 0 Å². The van der Waals surface area contributed by atoms with Gasteiger partial charge in [-0.3, -0.25) is 4.68 Å². The fourth-order valence-corrected chi connectivity index (χ4v) is 2.63. The summed E-state index contributed by atoms with van der Waals surface area (Å²) in [5, 5.41) is 8.03. The average molecular weight is 281 g/mol. The third-order valence-electron chi connectivity index (χ3n) is 3.77. The minimum atomic E-state index is 0.620. The van der Waals surface area contributed by atoms with Gasteiger partial charge >= 0.3 is 0 Å². The second-order valence-electron chi connectivity index (χ2n) is 5.36. The van der Waals surface area contributed by atoms with Crippen molar-refractivity contribution in [2.45, 2.75) is 44.7 Å². The van der Waals surface area contributed by atoms with Crippen molar-refractivity contribution in [2.75, 3.05) is 33.5 Å². The Labute approximate surface area is 121 Å². The Bertz CT molecular complexity index is 362. The normalized spacial score (nSPS) is 16.6. The fraction of sp³-hybridized carbons (Fsp3) is 0.800. The zero-order chi connectivity index (χ0) is 14.0. The highest BCUT2D eigenvalue weighted by molar-refractivity contribution is 4.99. The van der Waals surface area contributed by atoms with Gasteiger partial charge in [-0.1, -0.05) is 19.3 Å². The van der Waals surface area contributed by atoms with Gasteiger partial charge in [0.1, 0.15) is 0 Å². The quantitative estimate of drug-likeness (QED) is 0.705. The topological polar surface area (TPSA) is 48.3 Å². The Morgan fingerprint density at radius 3 is 2.90 bits per heavy atom. The molecule has 1 N–H and O–H groups in total. The summed E-state index contributed by atoms with van der Waals surface area (Å²) in [5.41, 5.74) is 1.12. The number of nitrogens with zero attached hydrogens (tertiary/aromatic N) is 2. The third kappa shape index (κ3) is 5.23.